The average Bonchev–Trinajstić information content (AvgIpc) is 2.74. The van der Waals surface area contributed by atoms with E-state index < -0.39 is 29.7 Å². The molecular weight excluding hydrogens is 239 g/mol. The summed E-state index contributed by atoms with van der Waals surface area (Å²) in [6, 6.07) is -0.678. The number of methoxy groups -OCH3 is 1. The van der Waals surface area contributed by atoms with E-state index in [0.717, 1.165) is 7.11 Å². The van der Waals surface area contributed by atoms with Gasteiger partial charge in [0.05, 0.1) is 13.2 Å². The van der Waals surface area contributed by atoms with Crippen LogP contribution in [0.1, 0.15) is 12.8 Å². The number of carbonyl (C=O) groups is 2. The summed E-state index contributed by atoms with van der Waals surface area (Å²) in [7, 11) is 0.903. The Labute approximate surface area is 94.8 Å². The molecule has 1 saturated heterocycles. The lowest BCUT2D eigenvalue weighted by atomic mass is 9.99. The van der Waals surface area contributed by atoms with Gasteiger partial charge in [0.1, 0.15) is 5.57 Å². The molecule has 2 unspecified atom stereocenters. The Hall–Kier alpha value is -1.53. The maximum absolute atomic E-state index is 12.8. The molecule has 1 aliphatic heterocycles. The molecule has 2 bridgehead atoms. The van der Waals surface area contributed by atoms with Gasteiger partial charge in [-0.2, -0.15) is 13.2 Å². The molecule has 17 heavy (non-hydrogen) atoms. The number of carbonyl (C=O) groups excluding carboxylic acids is 2. The zero-order chi connectivity index (χ0) is 12.8. The lowest BCUT2D eigenvalue weighted by molar-refractivity contribution is -0.148. The van der Waals surface area contributed by atoms with Crippen LogP contribution in [-0.4, -0.2) is 31.2 Å². The Kier molecular flexibility index (Phi) is 2.63. The Morgan fingerprint density at radius 1 is 1.47 bits per heavy atom. The predicted octanol–water partition coefficient (Wildman–Crippen LogP) is 0.927. The summed E-state index contributed by atoms with van der Waals surface area (Å²) in [6.07, 6.45) is -4.44. The van der Waals surface area contributed by atoms with Crippen LogP contribution in [-0.2, 0) is 14.3 Å². The van der Waals surface area contributed by atoms with Crippen molar-refractivity contribution in [3.63, 3.8) is 0 Å². The Bertz CT molecular complexity index is 414. The molecule has 0 radical (unpaired) electrons. The first-order valence-electron chi connectivity index (χ1n) is 5.03. The van der Waals surface area contributed by atoms with Gasteiger partial charge in [-0.15, -0.1) is 0 Å². The van der Waals surface area contributed by atoms with Crippen LogP contribution in [0.15, 0.2) is 11.1 Å². The fourth-order valence-corrected chi connectivity index (χ4v) is 2.36. The molecule has 1 N–H and O–H groups in total. The van der Waals surface area contributed by atoms with E-state index in [4.69, 9.17) is 0 Å². The van der Waals surface area contributed by atoms with Crippen molar-refractivity contribution in [3.05, 3.63) is 11.1 Å². The maximum Gasteiger partial charge on any atom is 0.423 e. The van der Waals surface area contributed by atoms with Gasteiger partial charge in [-0.1, -0.05) is 0 Å². The molecule has 1 heterocycles. The number of hydrogen-bond acceptors (Lipinski definition) is 3. The molecule has 0 spiro atoms. The van der Waals surface area contributed by atoms with Gasteiger partial charge in [-0.05, 0) is 18.4 Å². The van der Waals surface area contributed by atoms with Gasteiger partial charge in [0.15, 0.2) is 0 Å². The largest absolute Gasteiger partial charge is 0.465 e. The summed E-state index contributed by atoms with van der Waals surface area (Å²) in [5, 5.41) is 2.43. The maximum atomic E-state index is 12.8. The van der Waals surface area contributed by atoms with Crippen molar-refractivity contribution in [3.8, 4) is 0 Å². The lowest BCUT2D eigenvalue weighted by Gasteiger charge is -2.20. The number of rotatable bonds is 1. The lowest BCUT2D eigenvalue weighted by Crippen LogP contribution is -2.36. The molecule has 4 nitrogen and oxygen atoms in total. The highest BCUT2D eigenvalue weighted by Crippen LogP contribution is 2.42. The SMILES string of the molecule is COC(=O)/C(=C1\CC2CC1NC2=O)C(F)(F)F. The smallest absolute Gasteiger partial charge is 0.423 e. The zero-order valence-electron chi connectivity index (χ0n) is 8.93. The summed E-state index contributed by atoms with van der Waals surface area (Å²) >= 11 is 0. The number of alkyl halides is 3. The molecule has 2 aliphatic rings. The van der Waals surface area contributed by atoms with Crippen LogP contribution in [0.25, 0.3) is 0 Å². The van der Waals surface area contributed by atoms with Crippen molar-refractivity contribution < 1.29 is 27.5 Å². The van der Waals surface area contributed by atoms with Crippen molar-refractivity contribution in [2.75, 3.05) is 7.11 Å². The van der Waals surface area contributed by atoms with Crippen LogP contribution >= 0.6 is 0 Å². The number of nitrogens with one attached hydrogen (secondary N) is 1. The number of halogens is 3. The van der Waals surface area contributed by atoms with E-state index in [-0.39, 0.29) is 17.9 Å². The number of ether oxygens (including phenoxy) is 1. The van der Waals surface area contributed by atoms with Gasteiger partial charge < -0.3 is 10.1 Å². The summed E-state index contributed by atoms with van der Waals surface area (Å²) in [6.45, 7) is 0. The highest BCUT2D eigenvalue weighted by Gasteiger charge is 2.50. The number of amides is 1. The topological polar surface area (TPSA) is 55.4 Å². The van der Waals surface area contributed by atoms with Gasteiger partial charge >= 0.3 is 12.1 Å². The van der Waals surface area contributed by atoms with Gasteiger partial charge in [-0.25, -0.2) is 4.79 Å². The van der Waals surface area contributed by atoms with Crippen LogP contribution in [0.4, 0.5) is 13.2 Å². The fourth-order valence-electron chi connectivity index (χ4n) is 2.36. The van der Waals surface area contributed by atoms with E-state index in [2.05, 4.69) is 10.1 Å². The molecule has 0 aromatic carbocycles. The van der Waals surface area contributed by atoms with Crippen LogP contribution in [0.3, 0.4) is 0 Å². The summed E-state index contributed by atoms with van der Waals surface area (Å²) in [5.41, 5.74) is -1.33. The minimum Gasteiger partial charge on any atom is -0.465 e. The Morgan fingerprint density at radius 2 is 2.12 bits per heavy atom. The van der Waals surface area contributed by atoms with E-state index in [9.17, 15) is 22.8 Å². The standard InChI is InChI=1S/C10H10F3NO3/c1-17-9(16)7(10(11,12)13)5-2-4-3-6(5)14-8(4)15/h4,6H,2-3H2,1H3,(H,14,15)/b7-5-. The third kappa shape index (κ3) is 1.89. The van der Waals surface area contributed by atoms with Crippen LogP contribution in [0, 0.1) is 5.92 Å². The second kappa shape index (κ2) is 3.75. The molecule has 1 aliphatic carbocycles. The predicted molar refractivity (Wildman–Crippen MR) is 49.8 cm³/mol. The highest BCUT2D eigenvalue weighted by molar-refractivity contribution is 5.93. The van der Waals surface area contributed by atoms with Gasteiger partial charge in [-0.3, -0.25) is 4.79 Å². The van der Waals surface area contributed by atoms with Crippen molar-refractivity contribution in [2.45, 2.75) is 25.1 Å². The number of hydrogen-bond donors (Lipinski definition) is 1. The van der Waals surface area contributed by atoms with Crippen LogP contribution in [0.2, 0.25) is 0 Å². The molecule has 0 aromatic heterocycles. The molecule has 2 atom stereocenters. The normalized spacial score (nSPS) is 30.2. The molecule has 2 fully saturated rings. The van der Waals surface area contributed by atoms with E-state index in [1.807, 2.05) is 0 Å². The van der Waals surface area contributed by atoms with Gasteiger partial charge in [0.2, 0.25) is 5.91 Å². The van der Waals surface area contributed by atoms with E-state index in [1.54, 1.807) is 0 Å². The van der Waals surface area contributed by atoms with E-state index in [1.165, 1.54) is 0 Å². The summed E-state index contributed by atoms with van der Waals surface area (Å²) in [5.74, 6) is -2.09. The average molecular weight is 249 g/mol. The summed E-state index contributed by atoms with van der Waals surface area (Å²) in [4.78, 5) is 22.4. The first-order valence-corrected chi connectivity index (χ1v) is 5.03. The van der Waals surface area contributed by atoms with Crippen LogP contribution < -0.4 is 5.32 Å². The first kappa shape index (κ1) is 11.9. The molecule has 2 rings (SSSR count). The third-order valence-electron chi connectivity index (χ3n) is 3.09. The number of esters is 1. The summed E-state index contributed by atoms with van der Waals surface area (Å²) < 4.78 is 42.4. The third-order valence-corrected chi connectivity index (χ3v) is 3.09. The minimum absolute atomic E-state index is 0.0134. The highest BCUT2D eigenvalue weighted by atomic mass is 19.4. The molecular formula is C10H10F3NO3. The number of fused-ring (bicyclic) bond motifs is 2. The second-order valence-electron chi connectivity index (χ2n) is 4.09. The van der Waals surface area contributed by atoms with Crippen molar-refractivity contribution in [1.29, 1.82) is 0 Å². The molecule has 1 amide bonds. The van der Waals surface area contributed by atoms with Gasteiger partial charge in [0, 0.05) is 5.92 Å². The number of piperidine rings is 1. The van der Waals surface area contributed by atoms with Crippen LogP contribution in [0.5, 0.6) is 0 Å². The van der Waals surface area contributed by atoms with Crippen molar-refractivity contribution >= 4 is 11.9 Å². The van der Waals surface area contributed by atoms with Gasteiger partial charge in [0.25, 0.3) is 0 Å². The molecule has 0 aromatic rings. The molecule has 7 heteroatoms. The van der Waals surface area contributed by atoms with E-state index >= 15 is 0 Å². The van der Waals surface area contributed by atoms with Crippen molar-refractivity contribution in [2.24, 2.45) is 5.92 Å². The monoisotopic (exact) mass is 249 g/mol. The Balaban J connectivity index is 2.41. The molecule has 1 saturated carbocycles. The second-order valence-corrected chi connectivity index (χ2v) is 4.09. The van der Waals surface area contributed by atoms with Crippen molar-refractivity contribution in [1.82, 2.24) is 5.32 Å². The molecule has 94 valence electrons. The van der Waals surface area contributed by atoms with E-state index in [0.29, 0.717) is 6.42 Å². The quantitative estimate of drug-likeness (QED) is 0.555. The fraction of sp³-hybridized carbons (Fsp3) is 0.600. The zero-order valence-corrected chi connectivity index (χ0v) is 8.93. The minimum atomic E-state index is -4.75. The Morgan fingerprint density at radius 3 is 2.47 bits per heavy atom. The first-order chi connectivity index (χ1) is 7.84.